The fourth-order valence-corrected chi connectivity index (χ4v) is 2.61. The van der Waals surface area contributed by atoms with E-state index in [1.165, 1.54) is 16.3 Å². The van der Waals surface area contributed by atoms with Gasteiger partial charge in [-0.25, -0.2) is 4.98 Å². The molecule has 0 atom stereocenters. The largest absolute Gasteiger partial charge is 0.352 e. The van der Waals surface area contributed by atoms with E-state index in [4.69, 9.17) is 5.73 Å². The fraction of sp³-hybridized carbons (Fsp3) is 0.312. The first-order chi connectivity index (χ1) is 9.29. The van der Waals surface area contributed by atoms with Crippen LogP contribution < -0.4 is 10.6 Å². The number of rotatable bonds is 2. The smallest absolute Gasteiger partial charge is 0.136 e. The normalized spacial score (nSPS) is 15.7. The lowest BCUT2D eigenvalue weighted by Gasteiger charge is -2.28. The summed E-state index contributed by atoms with van der Waals surface area (Å²) < 4.78 is 0. The third kappa shape index (κ3) is 2.22. The SMILES string of the molecule is CC1=CCN(c2ncc(CN)c3ccccc23)CC1. The van der Waals surface area contributed by atoms with Gasteiger partial charge in [0.25, 0.3) is 0 Å². The van der Waals surface area contributed by atoms with Gasteiger partial charge in [-0.1, -0.05) is 35.9 Å². The molecule has 2 N–H and O–H groups in total. The van der Waals surface area contributed by atoms with E-state index in [0.29, 0.717) is 6.54 Å². The molecular weight excluding hydrogens is 234 g/mol. The summed E-state index contributed by atoms with van der Waals surface area (Å²) in [7, 11) is 0. The van der Waals surface area contributed by atoms with Crippen LogP contribution in [0.2, 0.25) is 0 Å². The molecule has 3 rings (SSSR count). The van der Waals surface area contributed by atoms with E-state index in [1.54, 1.807) is 0 Å². The van der Waals surface area contributed by atoms with Crippen molar-refractivity contribution in [2.75, 3.05) is 18.0 Å². The van der Waals surface area contributed by atoms with E-state index < -0.39 is 0 Å². The first-order valence-electron chi connectivity index (χ1n) is 6.77. The minimum atomic E-state index is 0.535. The number of nitrogens with two attached hydrogens (primary N) is 1. The first kappa shape index (κ1) is 12.2. The van der Waals surface area contributed by atoms with Gasteiger partial charge >= 0.3 is 0 Å². The number of hydrogen-bond donors (Lipinski definition) is 1. The molecule has 1 aliphatic heterocycles. The molecule has 3 heteroatoms. The van der Waals surface area contributed by atoms with Crippen LogP contribution in [0.15, 0.2) is 42.1 Å². The van der Waals surface area contributed by atoms with Crippen LogP contribution in [0, 0.1) is 0 Å². The zero-order valence-corrected chi connectivity index (χ0v) is 11.3. The Bertz CT molecular complexity index is 631. The van der Waals surface area contributed by atoms with Crippen molar-refractivity contribution in [3.8, 4) is 0 Å². The summed E-state index contributed by atoms with van der Waals surface area (Å²) in [6.45, 7) is 4.72. The predicted molar refractivity (Wildman–Crippen MR) is 80.2 cm³/mol. The lowest BCUT2D eigenvalue weighted by atomic mass is 10.1. The average molecular weight is 253 g/mol. The van der Waals surface area contributed by atoms with Gasteiger partial charge in [0.15, 0.2) is 0 Å². The summed E-state index contributed by atoms with van der Waals surface area (Å²) >= 11 is 0. The molecule has 1 aromatic carbocycles. The van der Waals surface area contributed by atoms with Gasteiger partial charge in [0.1, 0.15) is 5.82 Å². The van der Waals surface area contributed by atoms with Crippen molar-refractivity contribution in [1.29, 1.82) is 0 Å². The van der Waals surface area contributed by atoms with Crippen LogP contribution in [0.4, 0.5) is 5.82 Å². The topological polar surface area (TPSA) is 42.2 Å². The zero-order chi connectivity index (χ0) is 13.2. The van der Waals surface area contributed by atoms with E-state index in [-0.39, 0.29) is 0 Å². The maximum atomic E-state index is 5.80. The Morgan fingerprint density at radius 3 is 2.74 bits per heavy atom. The molecule has 3 nitrogen and oxygen atoms in total. The lowest BCUT2D eigenvalue weighted by Crippen LogP contribution is -2.29. The summed E-state index contributed by atoms with van der Waals surface area (Å²) in [5.74, 6) is 1.08. The Morgan fingerprint density at radius 2 is 2.05 bits per heavy atom. The number of nitrogens with zero attached hydrogens (tertiary/aromatic N) is 2. The molecule has 19 heavy (non-hydrogen) atoms. The average Bonchev–Trinajstić information content (AvgIpc) is 2.47. The van der Waals surface area contributed by atoms with E-state index in [0.717, 1.165) is 30.9 Å². The summed E-state index contributed by atoms with van der Waals surface area (Å²) in [4.78, 5) is 6.99. The highest BCUT2D eigenvalue weighted by molar-refractivity contribution is 5.94. The molecule has 0 bridgehead atoms. The Morgan fingerprint density at radius 1 is 1.26 bits per heavy atom. The second-order valence-corrected chi connectivity index (χ2v) is 5.10. The third-order valence-electron chi connectivity index (χ3n) is 3.81. The summed E-state index contributed by atoms with van der Waals surface area (Å²) in [6, 6.07) is 8.40. The van der Waals surface area contributed by atoms with Crippen LogP contribution in [0.5, 0.6) is 0 Å². The number of aromatic nitrogens is 1. The van der Waals surface area contributed by atoms with Crippen molar-refractivity contribution in [2.24, 2.45) is 5.73 Å². The Hall–Kier alpha value is -1.87. The van der Waals surface area contributed by atoms with Gasteiger partial charge in [-0.3, -0.25) is 0 Å². The lowest BCUT2D eigenvalue weighted by molar-refractivity contribution is 0.778. The predicted octanol–water partition coefficient (Wildman–Crippen LogP) is 2.85. The monoisotopic (exact) mass is 253 g/mol. The van der Waals surface area contributed by atoms with Gasteiger partial charge in [0.2, 0.25) is 0 Å². The molecule has 98 valence electrons. The molecule has 0 radical (unpaired) electrons. The third-order valence-corrected chi connectivity index (χ3v) is 3.81. The van der Waals surface area contributed by atoms with Crippen molar-refractivity contribution in [3.05, 3.63) is 47.7 Å². The van der Waals surface area contributed by atoms with Crippen molar-refractivity contribution in [3.63, 3.8) is 0 Å². The van der Waals surface area contributed by atoms with E-state index in [9.17, 15) is 0 Å². The molecule has 0 saturated carbocycles. The summed E-state index contributed by atoms with van der Waals surface area (Å²) in [5, 5.41) is 2.43. The van der Waals surface area contributed by atoms with Crippen LogP contribution in [0.1, 0.15) is 18.9 Å². The summed E-state index contributed by atoms with van der Waals surface area (Å²) in [6.07, 6.45) is 5.33. The zero-order valence-electron chi connectivity index (χ0n) is 11.3. The molecule has 0 spiro atoms. The maximum Gasteiger partial charge on any atom is 0.136 e. The van der Waals surface area contributed by atoms with Gasteiger partial charge in [-0.05, 0) is 24.3 Å². The van der Waals surface area contributed by atoms with Crippen molar-refractivity contribution < 1.29 is 0 Å². The van der Waals surface area contributed by atoms with Crippen LogP contribution in [-0.4, -0.2) is 18.1 Å². The summed E-state index contributed by atoms with van der Waals surface area (Å²) in [5.41, 5.74) is 8.38. The minimum Gasteiger partial charge on any atom is -0.352 e. The molecule has 0 amide bonds. The van der Waals surface area contributed by atoms with Gasteiger partial charge in [-0.2, -0.15) is 0 Å². The van der Waals surface area contributed by atoms with Crippen LogP contribution in [-0.2, 0) is 6.54 Å². The van der Waals surface area contributed by atoms with Gasteiger partial charge in [0, 0.05) is 31.2 Å². The number of anilines is 1. The molecule has 1 aliphatic rings. The molecule has 0 saturated heterocycles. The quantitative estimate of drug-likeness (QED) is 0.837. The highest BCUT2D eigenvalue weighted by atomic mass is 15.2. The van der Waals surface area contributed by atoms with E-state index in [2.05, 4.69) is 47.1 Å². The Labute approximate surface area is 113 Å². The molecule has 0 unspecified atom stereocenters. The number of fused-ring (bicyclic) bond motifs is 1. The van der Waals surface area contributed by atoms with Crippen molar-refractivity contribution in [2.45, 2.75) is 19.9 Å². The Kier molecular flexibility index (Phi) is 3.22. The molecule has 0 fully saturated rings. The van der Waals surface area contributed by atoms with Gasteiger partial charge in [0.05, 0.1) is 0 Å². The fourth-order valence-electron chi connectivity index (χ4n) is 2.61. The number of hydrogen-bond acceptors (Lipinski definition) is 3. The highest BCUT2D eigenvalue weighted by Crippen LogP contribution is 2.28. The number of pyridine rings is 1. The molecule has 0 aliphatic carbocycles. The first-order valence-corrected chi connectivity index (χ1v) is 6.77. The molecule has 1 aromatic heterocycles. The Balaban J connectivity index is 2.10. The second-order valence-electron chi connectivity index (χ2n) is 5.10. The second kappa shape index (κ2) is 5.02. The standard InChI is InChI=1S/C16H19N3/c1-12-6-8-19(9-7-12)16-15-5-3-2-4-14(15)13(10-17)11-18-16/h2-6,11H,7-10,17H2,1H3. The van der Waals surface area contributed by atoms with Crippen LogP contribution >= 0.6 is 0 Å². The molecular formula is C16H19N3. The van der Waals surface area contributed by atoms with Crippen LogP contribution in [0.3, 0.4) is 0 Å². The maximum absolute atomic E-state index is 5.80. The molecule has 2 aromatic rings. The van der Waals surface area contributed by atoms with Gasteiger partial charge in [-0.15, -0.1) is 0 Å². The van der Waals surface area contributed by atoms with Crippen molar-refractivity contribution in [1.82, 2.24) is 4.98 Å². The van der Waals surface area contributed by atoms with Crippen LogP contribution in [0.25, 0.3) is 10.8 Å². The minimum absolute atomic E-state index is 0.535. The molecule has 2 heterocycles. The highest BCUT2D eigenvalue weighted by Gasteiger charge is 2.15. The van der Waals surface area contributed by atoms with E-state index >= 15 is 0 Å². The number of benzene rings is 1. The van der Waals surface area contributed by atoms with Crippen molar-refractivity contribution >= 4 is 16.6 Å². The van der Waals surface area contributed by atoms with Gasteiger partial charge < -0.3 is 10.6 Å². The van der Waals surface area contributed by atoms with E-state index in [1.807, 2.05) is 6.20 Å².